The summed E-state index contributed by atoms with van der Waals surface area (Å²) in [6.45, 7) is 0.947. The molecule has 0 aliphatic heterocycles. The first-order valence-corrected chi connectivity index (χ1v) is 7.39. The molecule has 0 saturated heterocycles. The standard InChI is InChI=1S/C15H16F3NOS/c16-15(17,18)14-6-2-1-4-12(14)10-19(7-8-20)11-13-5-3-9-21-13/h1-6,9,20H,7-8,10-11H2. The summed E-state index contributed by atoms with van der Waals surface area (Å²) in [7, 11) is 0. The van der Waals surface area contributed by atoms with E-state index in [4.69, 9.17) is 5.11 Å². The molecule has 1 N–H and O–H groups in total. The molecule has 0 unspecified atom stereocenters. The smallest absolute Gasteiger partial charge is 0.395 e. The molecule has 114 valence electrons. The maximum atomic E-state index is 13.0. The van der Waals surface area contributed by atoms with Crippen molar-refractivity contribution in [2.75, 3.05) is 13.2 Å². The summed E-state index contributed by atoms with van der Waals surface area (Å²) in [6, 6.07) is 9.42. The van der Waals surface area contributed by atoms with Crippen LogP contribution >= 0.6 is 11.3 Å². The topological polar surface area (TPSA) is 23.5 Å². The van der Waals surface area contributed by atoms with Crippen LogP contribution in [0.4, 0.5) is 13.2 Å². The number of rotatable bonds is 6. The Morgan fingerprint density at radius 3 is 2.43 bits per heavy atom. The Labute approximate surface area is 125 Å². The Balaban J connectivity index is 2.17. The second kappa shape index (κ2) is 7.06. The van der Waals surface area contributed by atoms with E-state index < -0.39 is 11.7 Å². The number of halogens is 3. The molecule has 0 aliphatic carbocycles. The van der Waals surface area contributed by atoms with Crippen molar-refractivity contribution in [3.63, 3.8) is 0 Å². The Hall–Kier alpha value is -1.37. The van der Waals surface area contributed by atoms with Crippen LogP contribution in [0.15, 0.2) is 41.8 Å². The van der Waals surface area contributed by atoms with Crippen molar-refractivity contribution in [1.29, 1.82) is 0 Å². The lowest BCUT2D eigenvalue weighted by Gasteiger charge is -2.22. The number of thiophene rings is 1. The van der Waals surface area contributed by atoms with E-state index in [2.05, 4.69) is 0 Å². The minimum Gasteiger partial charge on any atom is -0.395 e. The molecule has 2 aromatic rings. The van der Waals surface area contributed by atoms with Gasteiger partial charge in [0.05, 0.1) is 12.2 Å². The maximum Gasteiger partial charge on any atom is 0.416 e. The summed E-state index contributed by atoms with van der Waals surface area (Å²) in [4.78, 5) is 2.88. The molecule has 0 bridgehead atoms. The molecule has 0 radical (unpaired) electrons. The third-order valence-electron chi connectivity index (χ3n) is 3.09. The van der Waals surface area contributed by atoms with Gasteiger partial charge in [-0.15, -0.1) is 11.3 Å². The Morgan fingerprint density at radius 1 is 1.05 bits per heavy atom. The first-order valence-electron chi connectivity index (χ1n) is 6.51. The summed E-state index contributed by atoms with van der Waals surface area (Å²) >= 11 is 1.55. The first-order chi connectivity index (χ1) is 10.0. The van der Waals surface area contributed by atoms with Crippen LogP contribution in [0.25, 0.3) is 0 Å². The molecule has 2 rings (SSSR count). The number of nitrogens with zero attached hydrogens (tertiary/aromatic N) is 1. The van der Waals surface area contributed by atoms with Gasteiger partial charge in [-0.25, -0.2) is 0 Å². The predicted octanol–water partition coefficient (Wildman–Crippen LogP) is 3.76. The molecule has 1 aromatic carbocycles. The highest BCUT2D eigenvalue weighted by Crippen LogP contribution is 2.32. The van der Waals surface area contributed by atoms with Crippen LogP contribution in [0.2, 0.25) is 0 Å². The molecule has 2 nitrogen and oxygen atoms in total. The van der Waals surface area contributed by atoms with Crippen LogP contribution in [-0.4, -0.2) is 23.2 Å². The van der Waals surface area contributed by atoms with Gasteiger partial charge in [-0.3, -0.25) is 4.90 Å². The monoisotopic (exact) mass is 315 g/mol. The van der Waals surface area contributed by atoms with E-state index in [0.717, 1.165) is 10.9 Å². The van der Waals surface area contributed by atoms with Crippen LogP contribution in [0.5, 0.6) is 0 Å². The second-order valence-electron chi connectivity index (χ2n) is 4.67. The zero-order chi connectivity index (χ0) is 15.3. The molecule has 1 aromatic heterocycles. The van der Waals surface area contributed by atoms with E-state index in [9.17, 15) is 13.2 Å². The number of hydrogen-bond donors (Lipinski definition) is 1. The maximum absolute atomic E-state index is 13.0. The molecular weight excluding hydrogens is 299 g/mol. The zero-order valence-corrected chi connectivity index (χ0v) is 12.1. The van der Waals surface area contributed by atoms with Crippen LogP contribution < -0.4 is 0 Å². The van der Waals surface area contributed by atoms with Crippen molar-refractivity contribution in [3.05, 3.63) is 57.8 Å². The lowest BCUT2D eigenvalue weighted by atomic mass is 10.1. The van der Waals surface area contributed by atoms with Crippen molar-refractivity contribution < 1.29 is 18.3 Å². The van der Waals surface area contributed by atoms with E-state index in [0.29, 0.717) is 13.1 Å². The minimum absolute atomic E-state index is 0.0838. The normalized spacial score (nSPS) is 12.0. The fourth-order valence-corrected chi connectivity index (χ4v) is 2.90. The van der Waals surface area contributed by atoms with Crippen molar-refractivity contribution >= 4 is 11.3 Å². The van der Waals surface area contributed by atoms with Gasteiger partial charge in [0.25, 0.3) is 0 Å². The van der Waals surface area contributed by atoms with Crippen LogP contribution in [-0.2, 0) is 19.3 Å². The Kier molecular flexibility index (Phi) is 5.39. The van der Waals surface area contributed by atoms with Crippen molar-refractivity contribution in [1.82, 2.24) is 4.90 Å². The fourth-order valence-electron chi connectivity index (χ4n) is 2.15. The van der Waals surface area contributed by atoms with E-state index in [1.807, 2.05) is 22.4 Å². The van der Waals surface area contributed by atoms with Crippen molar-refractivity contribution in [3.8, 4) is 0 Å². The molecule has 0 aliphatic rings. The summed E-state index contributed by atoms with van der Waals surface area (Å²) in [5.41, 5.74) is -0.380. The number of alkyl halides is 3. The lowest BCUT2D eigenvalue weighted by molar-refractivity contribution is -0.138. The quantitative estimate of drug-likeness (QED) is 0.877. The molecule has 0 atom stereocenters. The van der Waals surface area contributed by atoms with Crippen LogP contribution in [0.1, 0.15) is 16.0 Å². The molecule has 0 saturated carbocycles. The van der Waals surface area contributed by atoms with Crippen LogP contribution in [0.3, 0.4) is 0 Å². The number of aliphatic hydroxyl groups is 1. The molecular formula is C15H16F3NOS. The van der Waals surface area contributed by atoms with Gasteiger partial charge >= 0.3 is 6.18 Å². The van der Waals surface area contributed by atoms with E-state index >= 15 is 0 Å². The van der Waals surface area contributed by atoms with Gasteiger partial charge in [0.1, 0.15) is 0 Å². The van der Waals surface area contributed by atoms with E-state index in [1.54, 1.807) is 17.4 Å². The van der Waals surface area contributed by atoms with Gasteiger partial charge in [-0.05, 0) is 23.1 Å². The van der Waals surface area contributed by atoms with Gasteiger partial charge in [0, 0.05) is 24.5 Å². The summed E-state index contributed by atoms with van der Waals surface area (Å²) in [6.07, 6.45) is -4.36. The highest BCUT2D eigenvalue weighted by atomic mass is 32.1. The van der Waals surface area contributed by atoms with E-state index in [1.165, 1.54) is 12.1 Å². The number of hydrogen-bond acceptors (Lipinski definition) is 3. The number of aliphatic hydroxyl groups excluding tert-OH is 1. The first kappa shape index (κ1) is 16.0. The summed E-state index contributed by atoms with van der Waals surface area (Å²) in [5.74, 6) is 0. The molecule has 0 spiro atoms. The Morgan fingerprint density at radius 2 is 1.81 bits per heavy atom. The average Bonchev–Trinajstić information content (AvgIpc) is 2.91. The van der Waals surface area contributed by atoms with Crippen molar-refractivity contribution in [2.45, 2.75) is 19.3 Å². The van der Waals surface area contributed by atoms with Gasteiger partial charge in [-0.2, -0.15) is 13.2 Å². The second-order valence-corrected chi connectivity index (χ2v) is 5.70. The number of benzene rings is 1. The Bertz CT molecular complexity index is 554. The average molecular weight is 315 g/mol. The fraction of sp³-hybridized carbons (Fsp3) is 0.333. The highest BCUT2D eigenvalue weighted by Gasteiger charge is 2.33. The largest absolute Gasteiger partial charge is 0.416 e. The zero-order valence-electron chi connectivity index (χ0n) is 11.3. The molecule has 0 amide bonds. The molecule has 0 fully saturated rings. The lowest BCUT2D eigenvalue weighted by Crippen LogP contribution is -2.27. The van der Waals surface area contributed by atoms with Gasteiger partial charge in [0.2, 0.25) is 0 Å². The van der Waals surface area contributed by atoms with Crippen LogP contribution in [0, 0.1) is 0 Å². The predicted molar refractivity (Wildman–Crippen MR) is 77.0 cm³/mol. The minimum atomic E-state index is -4.36. The summed E-state index contributed by atoms with van der Waals surface area (Å²) in [5, 5.41) is 11.0. The van der Waals surface area contributed by atoms with Gasteiger partial charge in [0.15, 0.2) is 0 Å². The molecule has 6 heteroatoms. The van der Waals surface area contributed by atoms with E-state index in [-0.39, 0.29) is 18.7 Å². The molecule has 1 heterocycles. The summed E-state index contributed by atoms with van der Waals surface area (Å²) < 4.78 is 39.0. The molecule has 21 heavy (non-hydrogen) atoms. The highest BCUT2D eigenvalue weighted by molar-refractivity contribution is 7.09. The SMILES string of the molecule is OCCN(Cc1cccs1)Cc1ccccc1C(F)(F)F. The third-order valence-corrected chi connectivity index (χ3v) is 3.95. The van der Waals surface area contributed by atoms with Gasteiger partial charge in [-0.1, -0.05) is 24.3 Å². The third kappa shape index (κ3) is 4.56. The van der Waals surface area contributed by atoms with Gasteiger partial charge < -0.3 is 5.11 Å². The van der Waals surface area contributed by atoms with Crippen molar-refractivity contribution in [2.24, 2.45) is 0 Å².